The smallest absolute Gasteiger partial charge is 0.0836 e. The molecule has 1 nitrogen and oxygen atoms in total. The zero-order valence-electron chi connectivity index (χ0n) is 9.51. The van der Waals surface area contributed by atoms with Gasteiger partial charge in [-0.2, -0.15) is 0 Å². The first-order valence-corrected chi connectivity index (χ1v) is 5.78. The molecule has 0 heterocycles. The van der Waals surface area contributed by atoms with E-state index in [1.54, 1.807) is 0 Å². The molecule has 0 fully saturated rings. The lowest BCUT2D eigenvalue weighted by atomic mass is 10.0. The predicted octanol–water partition coefficient (Wildman–Crippen LogP) is 4.18. The Morgan fingerprint density at radius 2 is 1.92 bits per heavy atom. The first-order valence-electron chi connectivity index (χ1n) is 5.78. The molecule has 1 unspecified atom stereocenters. The molecular weight excluding hydrogens is 160 g/mol. The highest BCUT2D eigenvalue weighted by Crippen LogP contribution is 2.13. The molecule has 79 valence electrons. The Bertz CT molecular complexity index is 91.1. The van der Waals surface area contributed by atoms with Crippen LogP contribution in [0.5, 0.6) is 0 Å². The molecule has 0 aliphatic carbocycles. The molecule has 1 atom stereocenters. The van der Waals surface area contributed by atoms with Gasteiger partial charge in [-0.05, 0) is 18.8 Å². The van der Waals surface area contributed by atoms with Crippen molar-refractivity contribution in [1.82, 2.24) is 0 Å². The van der Waals surface area contributed by atoms with Crippen LogP contribution in [0.4, 0.5) is 0 Å². The number of hydrogen-bond acceptors (Lipinski definition) is 1. The van der Waals surface area contributed by atoms with Crippen molar-refractivity contribution in [2.24, 2.45) is 5.92 Å². The average Bonchev–Trinajstić information content (AvgIpc) is 2.17. The Morgan fingerprint density at radius 3 is 2.46 bits per heavy atom. The van der Waals surface area contributed by atoms with Crippen molar-refractivity contribution in [2.45, 2.75) is 59.3 Å². The molecule has 0 rings (SSSR count). The fourth-order valence-corrected chi connectivity index (χ4v) is 1.30. The number of unbranched alkanes of at least 4 members (excludes halogenated alkanes) is 2. The van der Waals surface area contributed by atoms with Crippen LogP contribution in [0.3, 0.4) is 0 Å². The highest BCUT2D eigenvalue weighted by Gasteiger charge is 2.05. The molecule has 0 aliphatic heterocycles. The molecule has 0 N–H and O–H groups in total. The van der Waals surface area contributed by atoms with E-state index in [2.05, 4.69) is 20.8 Å². The van der Waals surface area contributed by atoms with Crippen molar-refractivity contribution in [3.05, 3.63) is 6.61 Å². The van der Waals surface area contributed by atoms with Crippen LogP contribution in [-0.2, 0) is 4.74 Å². The van der Waals surface area contributed by atoms with Crippen LogP contribution in [-0.4, -0.2) is 6.61 Å². The average molecular weight is 185 g/mol. The monoisotopic (exact) mass is 185 g/mol. The topological polar surface area (TPSA) is 9.23 Å². The Kier molecular flexibility index (Phi) is 10.0. The molecule has 0 spiro atoms. The second-order valence-electron chi connectivity index (χ2n) is 3.71. The van der Waals surface area contributed by atoms with Crippen LogP contribution in [0.15, 0.2) is 0 Å². The van der Waals surface area contributed by atoms with Gasteiger partial charge >= 0.3 is 0 Å². The molecule has 1 radical (unpaired) electrons. The lowest BCUT2D eigenvalue weighted by Crippen LogP contribution is -2.07. The summed E-state index contributed by atoms with van der Waals surface area (Å²) in [5, 5.41) is 0. The summed E-state index contributed by atoms with van der Waals surface area (Å²) in [4.78, 5) is 0. The van der Waals surface area contributed by atoms with E-state index in [1.165, 1.54) is 32.1 Å². The molecule has 0 saturated heterocycles. The van der Waals surface area contributed by atoms with Gasteiger partial charge in [0.2, 0.25) is 0 Å². The summed E-state index contributed by atoms with van der Waals surface area (Å²) in [6.45, 7) is 9.57. The number of hydrogen-bond donors (Lipinski definition) is 0. The normalized spacial score (nSPS) is 13.2. The second-order valence-corrected chi connectivity index (χ2v) is 3.71. The summed E-state index contributed by atoms with van der Waals surface area (Å²) in [5.74, 6) is 0.771. The van der Waals surface area contributed by atoms with Crippen LogP contribution >= 0.6 is 0 Å². The van der Waals surface area contributed by atoms with E-state index in [0.29, 0.717) is 0 Å². The molecule has 0 amide bonds. The van der Waals surface area contributed by atoms with Crippen molar-refractivity contribution in [2.75, 3.05) is 6.61 Å². The van der Waals surface area contributed by atoms with Gasteiger partial charge in [-0.25, -0.2) is 0 Å². The SMILES string of the molecule is CCC[CH]OCC(CC)CCCC. The van der Waals surface area contributed by atoms with Crippen molar-refractivity contribution < 1.29 is 4.74 Å². The third-order valence-electron chi connectivity index (χ3n) is 2.40. The van der Waals surface area contributed by atoms with Crippen molar-refractivity contribution in [3.63, 3.8) is 0 Å². The maximum absolute atomic E-state index is 5.50. The number of rotatable bonds is 9. The maximum Gasteiger partial charge on any atom is 0.0836 e. The minimum absolute atomic E-state index is 0.771. The quantitative estimate of drug-likeness (QED) is 0.490. The molecule has 0 aliphatic rings. The van der Waals surface area contributed by atoms with E-state index in [1.807, 2.05) is 6.61 Å². The van der Waals surface area contributed by atoms with Crippen LogP contribution in [0, 0.1) is 12.5 Å². The highest BCUT2D eigenvalue weighted by atomic mass is 16.5. The summed E-state index contributed by atoms with van der Waals surface area (Å²) in [6.07, 6.45) is 7.49. The van der Waals surface area contributed by atoms with E-state index in [0.717, 1.165) is 18.9 Å². The Hall–Kier alpha value is -0.0400. The largest absolute Gasteiger partial charge is 0.375 e. The van der Waals surface area contributed by atoms with Crippen molar-refractivity contribution in [1.29, 1.82) is 0 Å². The number of ether oxygens (including phenoxy) is 1. The molecule has 0 bridgehead atoms. The van der Waals surface area contributed by atoms with Gasteiger partial charge in [0.1, 0.15) is 0 Å². The summed E-state index contributed by atoms with van der Waals surface area (Å²) < 4.78 is 5.50. The fourth-order valence-electron chi connectivity index (χ4n) is 1.30. The molecule has 0 aromatic heterocycles. The van der Waals surface area contributed by atoms with Crippen LogP contribution < -0.4 is 0 Å². The minimum atomic E-state index is 0.771. The second kappa shape index (κ2) is 10.0. The van der Waals surface area contributed by atoms with Gasteiger partial charge < -0.3 is 4.74 Å². The predicted molar refractivity (Wildman–Crippen MR) is 58.5 cm³/mol. The lowest BCUT2D eigenvalue weighted by Gasteiger charge is -2.13. The molecule has 0 aromatic carbocycles. The molecule has 13 heavy (non-hydrogen) atoms. The zero-order chi connectivity index (χ0) is 9.94. The Balaban J connectivity index is 3.25. The summed E-state index contributed by atoms with van der Waals surface area (Å²) in [7, 11) is 0. The molecular formula is C12H25O. The first-order chi connectivity index (χ1) is 6.35. The molecule has 0 saturated carbocycles. The van der Waals surface area contributed by atoms with Gasteiger partial charge in [-0.15, -0.1) is 0 Å². The van der Waals surface area contributed by atoms with E-state index in [9.17, 15) is 0 Å². The van der Waals surface area contributed by atoms with Gasteiger partial charge in [0.15, 0.2) is 0 Å². The molecule has 1 heteroatoms. The lowest BCUT2D eigenvalue weighted by molar-refractivity contribution is 0.140. The van der Waals surface area contributed by atoms with Gasteiger partial charge in [0, 0.05) is 6.61 Å². The third kappa shape index (κ3) is 8.29. The summed E-state index contributed by atoms with van der Waals surface area (Å²) in [5.41, 5.74) is 0. The standard InChI is InChI=1S/C12H25O/c1-4-7-9-12(6-3)11-13-10-8-5-2/h10,12H,4-9,11H2,1-3H3. The van der Waals surface area contributed by atoms with Crippen LogP contribution in [0.1, 0.15) is 59.3 Å². The van der Waals surface area contributed by atoms with E-state index >= 15 is 0 Å². The maximum atomic E-state index is 5.50. The summed E-state index contributed by atoms with van der Waals surface area (Å²) in [6, 6.07) is 0. The van der Waals surface area contributed by atoms with Gasteiger partial charge in [-0.1, -0.05) is 46.5 Å². The van der Waals surface area contributed by atoms with E-state index in [-0.39, 0.29) is 0 Å². The van der Waals surface area contributed by atoms with Gasteiger partial charge in [0.25, 0.3) is 0 Å². The molecule has 0 aromatic rings. The Labute approximate surface area is 83.9 Å². The van der Waals surface area contributed by atoms with Gasteiger partial charge in [0.05, 0.1) is 6.61 Å². The van der Waals surface area contributed by atoms with Crippen molar-refractivity contribution in [3.8, 4) is 0 Å². The van der Waals surface area contributed by atoms with E-state index in [4.69, 9.17) is 4.74 Å². The van der Waals surface area contributed by atoms with Crippen molar-refractivity contribution >= 4 is 0 Å². The van der Waals surface area contributed by atoms with E-state index < -0.39 is 0 Å². The Morgan fingerprint density at radius 1 is 1.15 bits per heavy atom. The first kappa shape index (κ1) is 13.0. The van der Waals surface area contributed by atoms with Crippen LogP contribution in [0.25, 0.3) is 0 Å². The minimum Gasteiger partial charge on any atom is -0.375 e. The zero-order valence-corrected chi connectivity index (χ0v) is 9.51. The summed E-state index contributed by atoms with van der Waals surface area (Å²) >= 11 is 0. The van der Waals surface area contributed by atoms with Crippen LogP contribution in [0.2, 0.25) is 0 Å². The van der Waals surface area contributed by atoms with Gasteiger partial charge in [-0.3, -0.25) is 0 Å². The fraction of sp³-hybridized carbons (Fsp3) is 0.917. The third-order valence-corrected chi connectivity index (χ3v) is 2.40. The highest BCUT2D eigenvalue weighted by molar-refractivity contribution is 4.58.